The zero-order valence-electron chi connectivity index (χ0n) is 11.6. The first-order chi connectivity index (χ1) is 9.63. The number of nitrogens with zero attached hydrogens (tertiary/aromatic N) is 2. The van der Waals surface area contributed by atoms with Gasteiger partial charge in [-0.1, -0.05) is 29.5 Å². The summed E-state index contributed by atoms with van der Waals surface area (Å²) in [6.45, 7) is 5.79. The zero-order valence-corrected chi connectivity index (χ0v) is 12.5. The standard InChI is InChI=1S/C15H17N3OS/c1-10-3-4-13(11(2)7-10)17-14(19)8-12-9-20-15-16-5-6-18(12)15/h3-4,7,9H,5-6,8H2,1-2H3,(H,17,19). The molecule has 0 atom stereocenters. The molecule has 1 aromatic carbocycles. The monoisotopic (exact) mass is 287 g/mol. The van der Waals surface area contributed by atoms with E-state index in [1.165, 1.54) is 5.56 Å². The van der Waals surface area contributed by atoms with Crippen LogP contribution < -0.4 is 5.32 Å². The van der Waals surface area contributed by atoms with Crippen molar-refractivity contribution in [1.29, 1.82) is 0 Å². The number of carbonyl (C=O) groups excluding carboxylic acids is 1. The molecule has 2 heterocycles. The summed E-state index contributed by atoms with van der Waals surface area (Å²) in [5.41, 5.74) is 4.24. The number of benzene rings is 1. The van der Waals surface area contributed by atoms with Crippen molar-refractivity contribution in [1.82, 2.24) is 4.90 Å². The highest BCUT2D eigenvalue weighted by molar-refractivity contribution is 8.16. The normalized spacial score (nSPS) is 16.8. The number of amides is 1. The van der Waals surface area contributed by atoms with Crippen LogP contribution in [0, 0.1) is 13.8 Å². The predicted octanol–water partition coefficient (Wildman–Crippen LogP) is 2.89. The van der Waals surface area contributed by atoms with Crippen LogP contribution in [0.15, 0.2) is 34.3 Å². The van der Waals surface area contributed by atoms with Crippen LogP contribution in [-0.4, -0.2) is 29.1 Å². The third-order valence-corrected chi connectivity index (χ3v) is 4.40. The second-order valence-electron chi connectivity index (χ2n) is 5.09. The molecular formula is C15H17N3OS. The number of aryl methyl sites for hydroxylation is 2. The average Bonchev–Trinajstić information content (AvgIpc) is 2.98. The Kier molecular flexibility index (Phi) is 3.53. The van der Waals surface area contributed by atoms with Gasteiger partial charge in [0.2, 0.25) is 5.91 Å². The van der Waals surface area contributed by atoms with E-state index in [2.05, 4.69) is 21.3 Å². The maximum Gasteiger partial charge on any atom is 0.230 e. The topological polar surface area (TPSA) is 44.7 Å². The van der Waals surface area contributed by atoms with E-state index in [1.807, 2.05) is 31.4 Å². The molecule has 0 unspecified atom stereocenters. The molecule has 0 saturated carbocycles. The van der Waals surface area contributed by atoms with Crippen molar-refractivity contribution in [2.75, 3.05) is 18.4 Å². The van der Waals surface area contributed by atoms with E-state index in [4.69, 9.17) is 0 Å². The lowest BCUT2D eigenvalue weighted by Gasteiger charge is -2.16. The van der Waals surface area contributed by atoms with E-state index in [0.717, 1.165) is 35.2 Å². The minimum atomic E-state index is 0.0250. The molecule has 1 amide bonds. The van der Waals surface area contributed by atoms with Crippen molar-refractivity contribution in [3.63, 3.8) is 0 Å². The van der Waals surface area contributed by atoms with Gasteiger partial charge in [0.1, 0.15) is 0 Å². The molecule has 0 saturated heterocycles. The van der Waals surface area contributed by atoms with Crippen molar-refractivity contribution in [2.45, 2.75) is 20.3 Å². The summed E-state index contributed by atoms with van der Waals surface area (Å²) in [5, 5.41) is 6.04. The van der Waals surface area contributed by atoms with Crippen LogP contribution in [0.25, 0.3) is 0 Å². The van der Waals surface area contributed by atoms with Crippen LogP contribution in [0.4, 0.5) is 5.69 Å². The Bertz CT molecular complexity index is 622. The Morgan fingerprint density at radius 1 is 1.45 bits per heavy atom. The third kappa shape index (κ3) is 2.58. The molecule has 0 aliphatic carbocycles. The molecule has 0 fully saturated rings. The largest absolute Gasteiger partial charge is 0.326 e. The molecule has 5 heteroatoms. The van der Waals surface area contributed by atoms with Gasteiger partial charge >= 0.3 is 0 Å². The lowest BCUT2D eigenvalue weighted by Crippen LogP contribution is -2.24. The number of thioether (sulfide) groups is 1. The van der Waals surface area contributed by atoms with Gasteiger partial charge in [-0.15, -0.1) is 0 Å². The van der Waals surface area contributed by atoms with Crippen LogP contribution in [0.5, 0.6) is 0 Å². The Labute approximate surface area is 123 Å². The highest BCUT2D eigenvalue weighted by Gasteiger charge is 2.27. The van der Waals surface area contributed by atoms with E-state index < -0.39 is 0 Å². The molecule has 0 aromatic heterocycles. The van der Waals surface area contributed by atoms with Gasteiger partial charge in [0, 0.05) is 17.9 Å². The van der Waals surface area contributed by atoms with Crippen LogP contribution in [0.2, 0.25) is 0 Å². The van der Waals surface area contributed by atoms with Crippen LogP contribution >= 0.6 is 11.8 Å². The summed E-state index contributed by atoms with van der Waals surface area (Å²) in [6.07, 6.45) is 0.402. The quantitative estimate of drug-likeness (QED) is 0.929. The minimum absolute atomic E-state index is 0.0250. The summed E-state index contributed by atoms with van der Waals surface area (Å²) >= 11 is 1.61. The number of nitrogens with one attached hydrogen (secondary N) is 1. The second kappa shape index (κ2) is 5.32. The fourth-order valence-electron chi connectivity index (χ4n) is 2.43. The number of carbonyl (C=O) groups is 1. The highest BCUT2D eigenvalue weighted by Crippen LogP contribution is 2.31. The Hall–Kier alpha value is -1.75. The number of hydrogen-bond donors (Lipinski definition) is 1. The second-order valence-corrected chi connectivity index (χ2v) is 5.92. The van der Waals surface area contributed by atoms with E-state index in [1.54, 1.807) is 11.8 Å². The fourth-order valence-corrected chi connectivity index (χ4v) is 3.38. The van der Waals surface area contributed by atoms with Gasteiger partial charge in [-0.25, -0.2) is 0 Å². The van der Waals surface area contributed by atoms with E-state index >= 15 is 0 Å². The number of anilines is 1. The molecule has 20 heavy (non-hydrogen) atoms. The Morgan fingerprint density at radius 3 is 3.10 bits per heavy atom. The number of rotatable bonds is 3. The van der Waals surface area contributed by atoms with Gasteiger partial charge < -0.3 is 10.2 Å². The van der Waals surface area contributed by atoms with Gasteiger partial charge in [0.15, 0.2) is 5.17 Å². The lowest BCUT2D eigenvalue weighted by molar-refractivity contribution is -0.115. The first kappa shape index (κ1) is 13.2. The summed E-state index contributed by atoms with van der Waals surface area (Å²) in [7, 11) is 0. The summed E-state index contributed by atoms with van der Waals surface area (Å²) in [6, 6.07) is 6.05. The summed E-state index contributed by atoms with van der Waals surface area (Å²) in [4.78, 5) is 18.7. The highest BCUT2D eigenvalue weighted by atomic mass is 32.2. The number of aliphatic imine (C=N–C) groups is 1. The van der Waals surface area contributed by atoms with E-state index in [9.17, 15) is 4.79 Å². The molecule has 0 spiro atoms. The van der Waals surface area contributed by atoms with E-state index in [-0.39, 0.29) is 5.91 Å². The molecule has 0 bridgehead atoms. The predicted molar refractivity (Wildman–Crippen MR) is 83.8 cm³/mol. The number of fused-ring (bicyclic) bond motifs is 1. The first-order valence-electron chi connectivity index (χ1n) is 6.68. The van der Waals surface area contributed by atoms with Crippen molar-refractivity contribution >= 4 is 28.5 Å². The summed E-state index contributed by atoms with van der Waals surface area (Å²) < 4.78 is 0. The molecule has 1 aromatic rings. The minimum Gasteiger partial charge on any atom is -0.326 e. The van der Waals surface area contributed by atoms with Crippen LogP contribution in [0.1, 0.15) is 17.5 Å². The van der Waals surface area contributed by atoms with Crippen LogP contribution in [-0.2, 0) is 4.79 Å². The molecule has 4 nitrogen and oxygen atoms in total. The van der Waals surface area contributed by atoms with Gasteiger partial charge in [-0.3, -0.25) is 9.79 Å². The lowest BCUT2D eigenvalue weighted by atomic mass is 10.1. The molecule has 2 aliphatic rings. The zero-order chi connectivity index (χ0) is 14.1. The molecule has 1 N–H and O–H groups in total. The third-order valence-electron chi connectivity index (χ3n) is 3.45. The molecular weight excluding hydrogens is 270 g/mol. The number of hydrogen-bond acceptors (Lipinski definition) is 4. The van der Waals surface area contributed by atoms with Crippen molar-refractivity contribution in [2.24, 2.45) is 4.99 Å². The maximum atomic E-state index is 12.2. The van der Waals surface area contributed by atoms with Gasteiger partial charge in [0.25, 0.3) is 0 Å². The molecule has 0 radical (unpaired) electrons. The SMILES string of the molecule is Cc1ccc(NC(=O)CC2=CSC3=NCCN23)c(C)c1. The van der Waals surface area contributed by atoms with Gasteiger partial charge in [-0.2, -0.15) is 0 Å². The van der Waals surface area contributed by atoms with Crippen LogP contribution in [0.3, 0.4) is 0 Å². The summed E-state index contributed by atoms with van der Waals surface area (Å²) in [5.74, 6) is 0.0250. The number of amidine groups is 1. The van der Waals surface area contributed by atoms with E-state index in [0.29, 0.717) is 6.42 Å². The average molecular weight is 287 g/mol. The van der Waals surface area contributed by atoms with Gasteiger partial charge in [-0.05, 0) is 30.9 Å². The molecule has 3 rings (SSSR count). The van der Waals surface area contributed by atoms with Gasteiger partial charge in [0.05, 0.1) is 13.0 Å². The maximum absolute atomic E-state index is 12.2. The van der Waals surface area contributed by atoms with Crippen molar-refractivity contribution in [3.05, 3.63) is 40.4 Å². The Balaban J connectivity index is 1.64. The Morgan fingerprint density at radius 2 is 2.30 bits per heavy atom. The fraction of sp³-hybridized carbons (Fsp3) is 0.333. The molecule has 2 aliphatic heterocycles. The molecule has 104 valence electrons. The first-order valence-corrected chi connectivity index (χ1v) is 7.56. The van der Waals surface area contributed by atoms with Crippen molar-refractivity contribution < 1.29 is 4.79 Å². The van der Waals surface area contributed by atoms with Crippen molar-refractivity contribution in [3.8, 4) is 0 Å². The smallest absolute Gasteiger partial charge is 0.230 e.